The predicted molar refractivity (Wildman–Crippen MR) is 88.0 cm³/mol. The molecule has 1 N–H and O–H groups in total. The van der Waals surface area contributed by atoms with Crippen molar-refractivity contribution in [2.24, 2.45) is 11.3 Å². The van der Waals surface area contributed by atoms with Gasteiger partial charge in [0.2, 0.25) is 0 Å². The summed E-state index contributed by atoms with van der Waals surface area (Å²) in [5.41, 5.74) is 4.68. The van der Waals surface area contributed by atoms with Gasteiger partial charge in [-0.3, -0.25) is 0 Å². The molecular weight excluding hydrogens is 254 g/mol. The highest BCUT2D eigenvalue weighted by Gasteiger charge is 2.53. The Balaban J connectivity index is 1.34. The van der Waals surface area contributed by atoms with E-state index < -0.39 is 0 Å². The topological polar surface area (TPSA) is 12.0 Å². The fourth-order valence-corrected chi connectivity index (χ4v) is 3.49. The summed E-state index contributed by atoms with van der Waals surface area (Å²) >= 11 is 0. The van der Waals surface area contributed by atoms with Crippen molar-refractivity contribution in [2.75, 3.05) is 6.54 Å². The highest BCUT2D eigenvalue weighted by atomic mass is 14.9. The van der Waals surface area contributed by atoms with Crippen molar-refractivity contribution in [1.82, 2.24) is 5.32 Å². The Hall–Kier alpha value is -1.60. The second kappa shape index (κ2) is 5.31. The molecule has 0 bridgehead atoms. The summed E-state index contributed by atoms with van der Waals surface area (Å²) in [5.74, 6) is 1.05. The summed E-state index contributed by atoms with van der Waals surface area (Å²) in [6.45, 7) is 2.22. The van der Waals surface area contributed by atoms with Crippen molar-refractivity contribution in [3.05, 3.63) is 60.2 Å². The SMILES string of the molecule is c1ccc(-c2ccc(CNCC3(C4CC4)CC3)cc2)cc1. The molecule has 0 aromatic heterocycles. The Morgan fingerprint density at radius 1 is 0.857 bits per heavy atom. The molecule has 2 saturated carbocycles. The Labute approximate surface area is 127 Å². The number of benzene rings is 2. The molecule has 0 spiro atoms. The Morgan fingerprint density at radius 3 is 2.14 bits per heavy atom. The van der Waals surface area contributed by atoms with E-state index in [9.17, 15) is 0 Å². The second-order valence-electron chi connectivity index (χ2n) is 6.80. The van der Waals surface area contributed by atoms with Crippen molar-refractivity contribution in [3.63, 3.8) is 0 Å². The van der Waals surface area contributed by atoms with Gasteiger partial charge in [0.05, 0.1) is 0 Å². The third-order valence-electron chi connectivity index (χ3n) is 5.20. The molecule has 4 rings (SSSR count). The van der Waals surface area contributed by atoms with Gasteiger partial charge in [0, 0.05) is 13.1 Å². The fraction of sp³-hybridized carbons (Fsp3) is 0.400. The zero-order chi connectivity index (χ0) is 14.1. The summed E-state index contributed by atoms with van der Waals surface area (Å²) in [6, 6.07) is 19.6. The third kappa shape index (κ3) is 2.89. The Morgan fingerprint density at radius 2 is 1.52 bits per heavy atom. The first-order chi connectivity index (χ1) is 10.4. The molecule has 0 aliphatic heterocycles. The molecule has 1 nitrogen and oxygen atoms in total. The van der Waals surface area contributed by atoms with Gasteiger partial charge in [-0.2, -0.15) is 0 Å². The lowest BCUT2D eigenvalue weighted by atomic mass is 10.0. The van der Waals surface area contributed by atoms with E-state index in [1.54, 1.807) is 0 Å². The summed E-state index contributed by atoms with van der Waals surface area (Å²) in [4.78, 5) is 0. The highest BCUT2D eigenvalue weighted by Crippen LogP contribution is 2.60. The van der Waals surface area contributed by atoms with E-state index in [4.69, 9.17) is 0 Å². The number of hydrogen-bond donors (Lipinski definition) is 1. The molecule has 0 saturated heterocycles. The largest absolute Gasteiger partial charge is 0.312 e. The molecule has 2 aromatic rings. The summed E-state index contributed by atoms with van der Waals surface area (Å²) in [7, 11) is 0. The summed E-state index contributed by atoms with van der Waals surface area (Å²) in [5, 5.41) is 3.69. The van der Waals surface area contributed by atoms with Gasteiger partial charge in [-0.1, -0.05) is 54.6 Å². The van der Waals surface area contributed by atoms with Crippen molar-refractivity contribution in [2.45, 2.75) is 32.2 Å². The minimum atomic E-state index is 0.698. The molecule has 0 amide bonds. The van der Waals surface area contributed by atoms with Crippen LogP contribution < -0.4 is 5.32 Å². The van der Waals surface area contributed by atoms with Gasteiger partial charge in [0.15, 0.2) is 0 Å². The van der Waals surface area contributed by atoms with Gasteiger partial charge in [-0.15, -0.1) is 0 Å². The molecule has 2 fully saturated rings. The van der Waals surface area contributed by atoms with Crippen LogP contribution in [0, 0.1) is 11.3 Å². The molecule has 21 heavy (non-hydrogen) atoms. The normalized spacial score (nSPS) is 19.4. The Kier molecular flexibility index (Phi) is 3.31. The molecule has 0 atom stereocenters. The van der Waals surface area contributed by atoms with Crippen LogP contribution in [0.15, 0.2) is 54.6 Å². The maximum Gasteiger partial charge on any atom is 0.0205 e. The first-order valence-corrected chi connectivity index (χ1v) is 8.21. The van der Waals surface area contributed by atoms with Crippen molar-refractivity contribution in [3.8, 4) is 11.1 Å². The van der Waals surface area contributed by atoms with Crippen LogP contribution in [0.3, 0.4) is 0 Å². The van der Waals surface area contributed by atoms with Gasteiger partial charge >= 0.3 is 0 Å². The highest BCUT2D eigenvalue weighted by molar-refractivity contribution is 5.63. The Bertz CT molecular complexity index is 591. The molecule has 0 heterocycles. The monoisotopic (exact) mass is 277 g/mol. The zero-order valence-corrected chi connectivity index (χ0v) is 12.5. The van der Waals surface area contributed by atoms with Crippen LogP contribution in [0.5, 0.6) is 0 Å². The van der Waals surface area contributed by atoms with E-state index in [0.29, 0.717) is 5.41 Å². The average molecular weight is 277 g/mol. The van der Waals surface area contributed by atoms with Gasteiger partial charge in [0.25, 0.3) is 0 Å². The number of nitrogens with one attached hydrogen (secondary N) is 1. The quantitative estimate of drug-likeness (QED) is 0.811. The lowest BCUT2D eigenvalue weighted by Crippen LogP contribution is -2.24. The van der Waals surface area contributed by atoms with Gasteiger partial charge in [0.1, 0.15) is 0 Å². The lowest BCUT2D eigenvalue weighted by Gasteiger charge is -2.15. The van der Waals surface area contributed by atoms with Crippen LogP contribution in [0.25, 0.3) is 11.1 Å². The standard InChI is InChI=1S/C20H23N/c1-2-4-17(5-3-1)18-8-6-16(7-9-18)14-21-15-20(12-13-20)19-10-11-19/h1-9,19,21H,10-15H2. The second-order valence-corrected chi connectivity index (χ2v) is 6.80. The van der Waals surface area contributed by atoms with Crippen LogP contribution in [-0.4, -0.2) is 6.54 Å². The van der Waals surface area contributed by atoms with Crippen LogP contribution in [0.1, 0.15) is 31.2 Å². The third-order valence-corrected chi connectivity index (χ3v) is 5.20. The van der Waals surface area contributed by atoms with Crippen LogP contribution in [0.2, 0.25) is 0 Å². The average Bonchev–Trinajstić information content (AvgIpc) is 3.42. The molecule has 1 heteroatoms. The first-order valence-electron chi connectivity index (χ1n) is 8.21. The molecule has 0 unspecified atom stereocenters. The van der Waals surface area contributed by atoms with Crippen molar-refractivity contribution < 1.29 is 0 Å². The van der Waals surface area contributed by atoms with E-state index in [1.165, 1.54) is 48.9 Å². The molecule has 0 radical (unpaired) electrons. The predicted octanol–water partition coefficient (Wildman–Crippen LogP) is 4.63. The summed E-state index contributed by atoms with van der Waals surface area (Å²) < 4.78 is 0. The van der Waals surface area contributed by atoms with E-state index in [1.807, 2.05) is 0 Å². The van der Waals surface area contributed by atoms with Crippen molar-refractivity contribution >= 4 is 0 Å². The van der Waals surface area contributed by atoms with Crippen LogP contribution >= 0.6 is 0 Å². The maximum absolute atomic E-state index is 3.69. The van der Waals surface area contributed by atoms with Gasteiger partial charge < -0.3 is 5.32 Å². The van der Waals surface area contributed by atoms with Crippen LogP contribution in [0.4, 0.5) is 0 Å². The zero-order valence-electron chi connectivity index (χ0n) is 12.5. The molecule has 108 valence electrons. The van der Waals surface area contributed by atoms with E-state index >= 15 is 0 Å². The van der Waals surface area contributed by atoms with Crippen LogP contribution in [-0.2, 0) is 6.54 Å². The van der Waals surface area contributed by atoms with E-state index in [2.05, 4.69) is 59.9 Å². The van der Waals surface area contributed by atoms with E-state index in [-0.39, 0.29) is 0 Å². The summed E-state index contributed by atoms with van der Waals surface area (Å²) in [6.07, 6.45) is 5.87. The minimum Gasteiger partial charge on any atom is -0.312 e. The number of rotatable bonds is 6. The van der Waals surface area contributed by atoms with Gasteiger partial charge in [-0.25, -0.2) is 0 Å². The lowest BCUT2D eigenvalue weighted by molar-refractivity contribution is 0.403. The molecular formula is C20H23N. The first kappa shape index (κ1) is 13.1. The van der Waals surface area contributed by atoms with Gasteiger partial charge in [-0.05, 0) is 53.7 Å². The number of hydrogen-bond acceptors (Lipinski definition) is 1. The molecule has 2 aliphatic rings. The maximum atomic E-state index is 3.69. The van der Waals surface area contributed by atoms with Crippen molar-refractivity contribution in [1.29, 1.82) is 0 Å². The van der Waals surface area contributed by atoms with E-state index in [0.717, 1.165) is 12.5 Å². The molecule has 2 aromatic carbocycles. The minimum absolute atomic E-state index is 0.698. The smallest absolute Gasteiger partial charge is 0.0205 e. The molecule has 2 aliphatic carbocycles. The fourth-order valence-electron chi connectivity index (χ4n) is 3.49.